The number of benzene rings is 2. The first-order valence-electron chi connectivity index (χ1n) is 12.5. The van der Waals surface area contributed by atoms with Crippen LogP contribution in [0.5, 0.6) is 5.75 Å². The molecule has 0 bridgehead atoms. The van der Waals surface area contributed by atoms with Crippen molar-refractivity contribution in [1.29, 1.82) is 0 Å². The smallest absolute Gasteiger partial charge is 0.322 e. The van der Waals surface area contributed by atoms with Crippen LogP contribution in [0.4, 0.5) is 10.5 Å². The Hall–Kier alpha value is -3.78. The maximum atomic E-state index is 13.1. The second-order valence-electron chi connectivity index (χ2n) is 8.78. The molecule has 2 aromatic carbocycles. The van der Waals surface area contributed by atoms with E-state index >= 15 is 0 Å². The SMILES string of the molecule is CCOc1ccc(NC(=O)N(CCC(=O)N2CCN(Cc3ccccc3)CC2)Cc2ccco2)cc1. The van der Waals surface area contributed by atoms with E-state index in [-0.39, 0.29) is 24.9 Å². The fourth-order valence-corrected chi connectivity index (χ4v) is 4.23. The second kappa shape index (κ2) is 12.8. The molecule has 0 aliphatic carbocycles. The van der Waals surface area contributed by atoms with Gasteiger partial charge in [-0.05, 0) is 48.9 Å². The average Bonchev–Trinajstić information content (AvgIpc) is 3.42. The third kappa shape index (κ3) is 7.36. The highest BCUT2D eigenvalue weighted by atomic mass is 16.5. The van der Waals surface area contributed by atoms with E-state index in [1.807, 2.05) is 36.1 Å². The molecule has 3 aromatic rings. The summed E-state index contributed by atoms with van der Waals surface area (Å²) in [6.45, 7) is 7.06. The van der Waals surface area contributed by atoms with Gasteiger partial charge in [-0.2, -0.15) is 0 Å². The zero-order valence-electron chi connectivity index (χ0n) is 20.8. The Bertz CT molecular complexity index is 1080. The minimum absolute atomic E-state index is 0.0627. The molecule has 36 heavy (non-hydrogen) atoms. The molecule has 1 N–H and O–H groups in total. The van der Waals surface area contributed by atoms with Crippen LogP contribution >= 0.6 is 0 Å². The highest BCUT2D eigenvalue weighted by Crippen LogP contribution is 2.17. The molecule has 0 saturated carbocycles. The Morgan fingerprint density at radius 1 is 0.972 bits per heavy atom. The van der Waals surface area contributed by atoms with E-state index in [0.717, 1.165) is 25.4 Å². The number of carbonyl (C=O) groups is 2. The number of nitrogens with one attached hydrogen (secondary N) is 1. The molecular formula is C28H34N4O4. The highest BCUT2D eigenvalue weighted by Gasteiger charge is 2.23. The molecule has 1 aliphatic heterocycles. The summed E-state index contributed by atoms with van der Waals surface area (Å²) in [6.07, 6.45) is 1.84. The van der Waals surface area contributed by atoms with Crippen molar-refractivity contribution in [1.82, 2.24) is 14.7 Å². The van der Waals surface area contributed by atoms with Crippen molar-refractivity contribution in [3.05, 3.63) is 84.3 Å². The lowest BCUT2D eigenvalue weighted by atomic mass is 10.2. The lowest BCUT2D eigenvalue weighted by Crippen LogP contribution is -2.49. The molecule has 190 valence electrons. The normalized spacial score (nSPS) is 13.9. The van der Waals surface area contributed by atoms with Gasteiger partial charge in [0.05, 0.1) is 19.4 Å². The van der Waals surface area contributed by atoms with Crippen LogP contribution in [-0.4, -0.2) is 66.0 Å². The van der Waals surface area contributed by atoms with E-state index in [1.54, 1.807) is 29.4 Å². The molecule has 0 unspecified atom stereocenters. The van der Waals surface area contributed by atoms with Gasteiger partial charge in [0, 0.05) is 51.4 Å². The van der Waals surface area contributed by atoms with Gasteiger partial charge in [0.15, 0.2) is 0 Å². The molecule has 1 fully saturated rings. The number of carbonyl (C=O) groups excluding carboxylic acids is 2. The average molecular weight is 491 g/mol. The van der Waals surface area contributed by atoms with Gasteiger partial charge in [0.2, 0.25) is 5.91 Å². The number of anilines is 1. The minimum atomic E-state index is -0.281. The summed E-state index contributed by atoms with van der Waals surface area (Å²) in [5, 5.41) is 2.91. The monoisotopic (exact) mass is 490 g/mol. The molecule has 1 aromatic heterocycles. The Labute approximate surface area is 212 Å². The molecule has 1 aliphatic rings. The van der Waals surface area contributed by atoms with Crippen LogP contribution in [0.15, 0.2) is 77.4 Å². The third-order valence-electron chi connectivity index (χ3n) is 6.20. The van der Waals surface area contributed by atoms with Crippen LogP contribution in [0.1, 0.15) is 24.7 Å². The predicted molar refractivity (Wildman–Crippen MR) is 139 cm³/mol. The molecule has 8 nitrogen and oxygen atoms in total. The van der Waals surface area contributed by atoms with Crippen molar-refractivity contribution in [3.8, 4) is 5.75 Å². The van der Waals surface area contributed by atoms with Crippen molar-refractivity contribution in [2.45, 2.75) is 26.4 Å². The van der Waals surface area contributed by atoms with Gasteiger partial charge in [-0.1, -0.05) is 30.3 Å². The topological polar surface area (TPSA) is 78.3 Å². The number of hydrogen-bond acceptors (Lipinski definition) is 5. The summed E-state index contributed by atoms with van der Waals surface area (Å²) in [4.78, 5) is 31.9. The second-order valence-corrected chi connectivity index (χ2v) is 8.78. The standard InChI is InChI=1S/C28H34N4O4/c1-2-35-25-12-10-24(11-13-25)29-28(34)32(22-26-9-6-20-36-26)15-14-27(33)31-18-16-30(17-19-31)21-23-7-4-3-5-8-23/h3-13,20H,2,14-19,21-22H2,1H3,(H,29,34). The number of rotatable bonds is 10. The summed E-state index contributed by atoms with van der Waals surface area (Å²) in [7, 11) is 0. The number of amides is 3. The van der Waals surface area contributed by atoms with E-state index in [9.17, 15) is 9.59 Å². The maximum absolute atomic E-state index is 13.1. The summed E-state index contributed by atoms with van der Waals surface area (Å²) >= 11 is 0. The summed E-state index contributed by atoms with van der Waals surface area (Å²) in [6, 6.07) is 20.9. The predicted octanol–water partition coefficient (Wildman–Crippen LogP) is 4.45. The van der Waals surface area contributed by atoms with E-state index in [1.165, 1.54) is 5.56 Å². The molecule has 1 saturated heterocycles. The lowest BCUT2D eigenvalue weighted by molar-refractivity contribution is -0.133. The molecule has 2 heterocycles. The van der Waals surface area contributed by atoms with Gasteiger partial charge in [-0.25, -0.2) is 4.79 Å². The quantitative estimate of drug-likeness (QED) is 0.454. The Morgan fingerprint density at radius 2 is 1.72 bits per heavy atom. The summed E-state index contributed by atoms with van der Waals surface area (Å²) < 4.78 is 10.9. The lowest BCUT2D eigenvalue weighted by Gasteiger charge is -2.35. The molecular weight excluding hydrogens is 456 g/mol. The van der Waals surface area contributed by atoms with Crippen LogP contribution in [0.25, 0.3) is 0 Å². The van der Waals surface area contributed by atoms with Gasteiger partial charge in [0.25, 0.3) is 0 Å². The summed E-state index contributed by atoms with van der Waals surface area (Å²) in [5.41, 5.74) is 1.94. The number of nitrogens with zero attached hydrogens (tertiary/aromatic N) is 3. The van der Waals surface area contributed by atoms with Crippen molar-refractivity contribution < 1.29 is 18.7 Å². The van der Waals surface area contributed by atoms with Crippen LogP contribution in [-0.2, 0) is 17.9 Å². The first-order valence-corrected chi connectivity index (χ1v) is 12.5. The minimum Gasteiger partial charge on any atom is -0.494 e. The van der Waals surface area contributed by atoms with Crippen molar-refractivity contribution >= 4 is 17.6 Å². The fourth-order valence-electron chi connectivity index (χ4n) is 4.23. The first-order chi connectivity index (χ1) is 17.6. The highest BCUT2D eigenvalue weighted by molar-refractivity contribution is 5.89. The van der Waals surface area contributed by atoms with Crippen LogP contribution in [0.2, 0.25) is 0 Å². The largest absolute Gasteiger partial charge is 0.494 e. The fraction of sp³-hybridized carbons (Fsp3) is 0.357. The number of urea groups is 1. The third-order valence-corrected chi connectivity index (χ3v) is 6.20. The van der Waals surface area contributed by atoms with E-state index < -0.39 is 0 Å². The zero-order valence-corrected chi connectivity index (χ0v) is 20.8. The molecule has 0 radical (unpaired) electrons. The Morgan fingerprint density at radius 3 is 2.39 bits per heavy atom. The van der Waals surface area contributed by atoms with E-state index in [4.69, 9.17) is 9.15 Å². The molecule has 0 atom stereocenters. The van der Waals surface area contributed by atoms with Crippen LogP contribution < -0.4 is 10.1 Å². The van der Waals surface area contributed by atoms with Gasteiger partial charge in [-0.15, -0.1) is 0 Å². The van der Waals surface area contributed by atoms with E-state index in [2.05, 4.69) is 34.5 Å². The molecule has 4 rings (SSSR count). The summed E-state index contributed by atoms with van der Waals surface area (Å²) in [5.74, 6) is 1.48. The first kappa shape index (κ1) is 25.3. The maximum Gasteiger partial charge on any atom is 0.322 e. The van der Waals surface area contributed by atoms with Crippen molar-refractivity contribution in [2.75, 3.05) is 44.6 Å². The molecule has 0 spiro atoms. The van der Waals surface area contributed by atoms with Gasteiger partial charge in [0.1, 0.15) is 11.5 Å². The van der Waals surface area contributed by atoms with E-state index in [0.29, 0.717) is 37.7 Å². The zero-order chi connectivity index (χ0) is 25.2. The molecule has 3 amide bonds. The number of ether oxygens (including phenoxy) is 1. The van der Waals surface area contributed by atoms with Gasteiger partial charge < -0.3 is 24.3 Å². The Balaban J connectivity index is 1.29. The number of furan rings is 1. The van der Waals surface area contributed by atoms with Crippen molar-refractivity contribution in [2.24, 2.45) is 0 Å². The van der Waals surface area contributed by atoms with Crippen LogP contribution in [0, 0.1) is 0 Å². The number of piperazine rings is 1. The van der Waals surface area contributed by atoms with Crippen molar-refractivity contribution in [3.63, 3.8) is 0 Å². The molecule has 8 heteroatoms. The number of hydrogen-bond donors (Lipinski definition) is 1. The van der Waals surface area contributed by atoms with Crippen LogP contribution in [0.3, 0.4) is 0 Å². The van der Waals surface area contributed by atoms with Gasteiger partial charge >= 0.3 is 6.03 Å². The van der Waals surface area contributed by atoms with Gasteiger partial charge in [-0.3, -0.25) is 9.69 Å². The Kier molecular flexibility index (Phi) is 8.99.